The monoisotopic (exact) mass is 317 g/mol. The molecular formula is C18H27N3O2. The molecule has 1 atom stereocenters. The second kappa shape index (κ2) is 7.32. The molecule has 3 rings (SSSR count). The van der Waals surface area contributed by atoms with Gasteiger partial charge in [0.1, 0.15) is 5.75 Å². The second-order valence-corrected chi connectivity index (χ2v) is 6.38. The first-order valence-electron chi connectivity index (χ1n) is 8.50. The van der Waals surface area contributed by atoms with Crippen molar-refractivity contribution in [1.29, 1.82) is 0 Å². The molecule has 0 amide bonds. The summed E-state index contributed by atoms with van der Waals surface area (Å²) in [7, 11) is 3.44. The molecule has 0 aromatic carbocycles. The van der Waals surface area contributed by atoms with Gasteiger partial charge in [-0.25, -0.2) is 0 Å². The van der Waals surface area contributed by atoms with Crippen molar-refractivity contribution in [3.05, 3.63) is 24.0 Å². The number of nitrogens with zero attached hydrogens (tertiary/aromatic N) is 2. The van der Waals surface area contributed by atoms with E-state index in [9.17, 15) is 0 Å². The maximum Gasteiger partial charge on any atom is 0.139 e. The zero-order valence-corrected chi connectivity index (χ0v) is 14.3. The molecule has 2 aromatic heterocycles. The standard InChI is InChI=1S/C18H27N3O2/c1-13(20-14-6-7-14)16-12-21(8-4-5-9-22-2)17-10-15(23-3)11-19-18(16)17/h10-14,20H,4-9H2,1-3H3. The molecule has 1 saturated carbocycles. The van der Waals surface area contributed by atoms with E-state index < -0.39 is 0 Å². The molecule has 1 aliphatic carbocycles. The summed E-state index contributed by atoms with van der Waals surface area (Å²) in [6.45, 7) is 4.02. The number of hydrogen-bond acceptors (Lipinski definition) is 4. The lowest BCUT2D eigenvalue weighted by atomic mass is 10.1. The number of hydrogen-bond donors (Lipinski definition) is 1. The van der Waals surface area contributed by atoms with E-state index >= 15 is 0 Å². The van der Waals surface area contributed by atoms with Gasteiger partial charge in [-0.1, -0.05) is 0 Å². The van der Waals surface area contributed by atoms with Crippen molar-refractivity contribution >= 4 is 11.0 Å². The Morgan fingerprint density at radius 3 is 2.87 bits per heavy atom. The Bertz CT molecular complexity index is 649. The van der Waals surface area contributed by atoms with Crippen molar-refractivity contribution in [3.8, 4) is 5.75 Å². The molecule has 2 aromatic rings. The molecule has 1 fully saturated rings. The van der Waals surface area contributed by atoms with Crippen LogP contribution in [0.15, 0.2) is 18.5 Å². The Hall–Kier alpha value is -1.59. The summed E-state index contributed by atoms with van der Waals surface area (Å²) in [5, 5.41) is 3.68. The fourth-order valence-corrected chi connectivity index (χ4v) is 3.01. The molecule has 5 heteroatoms. The minimum absolute atomic E-state index is 0.325. The molecule has 126 valence electrons. The van der Waals surface area contributed by atoms with Crippen molar-refractivity contribution in [2.24, 2.45) is 0 Å². The minimum atomic E-state index is 0.325. The summed E-state index contributed by atoms with van der Waals surface area (Å²) in [5.74, 6) is 0.808. The van der Waals surface area contributed by atoms with Gasteiger partial charge < -0.3 is 19.4 Å². The summed E-state index contributed by atoms with van der Waals surface area (Å²) in [5.41, 5.74) is 3.51. The smallest absolute Gasteiger partial charge is 0.139 e. The fourth-order valence-electron chi connectivity index (χ4n) is 3.01. The van der Waals surface area contributed by atoms with Crippen LogP contribution in [-0.2, 0) is 11.3 Å². The number of aryl methyl sites for hydroxylation is 1. The lowest BCUT2D eigenvalue weighted by Gasteiger charge is -2.11. The normalized spacial score (nSPS) is 16.0. The van der Waals surface area contributed by atoms with Crippen LogP contribution in [0.25, 0.3) is 11.0 Å². The number of aromatic nitrogens is 2. The fraction of sp³-hybridized carbons (Fsp3) is 0.611. The minimum Gasteiger partial charge on any atom is -0.495 e. The molecule has 0 spiro atoms. The van der Waals surface area contributed by atoms with E-state index in [-0.39, 0.29) is 0 Å². The van der Waals surface area contributed by atoms with Crippen molar-refractivity contribution < 1.29 is 9.47 Å². The van der Waals surface area contributed by atoms with E-state index in [1.165, 1.54) is 18.4 Å². The largest absolute Gasteiger partial charge is 0.495 e. The highest BCUT2D eigenvalue weighted by Crippen LogP contribution is 2.30. The third-order valence-electron chi connectivity index (χ3n) is 4.48. The Labute approximate surface area is 138 Å². The Morgan fingerprint density at radius 1 is 1.35 bits per heavy atom. The van der Waals surface area contributed by atoms with Crippen LogP contribution in [0.2, 0.25) is 0 Å². The molecule has 5 nitrogen and oxygen atoms in total. The highest BCUT2D eigenvalue weighted by molar-refractivity contribution is 5.81. The van der Waals surface area contributed by atoms with Crippen molar-refractivity contribution in [1.82, 2.24) is 14.9 Å². The van der Waals surface area contributed by atoms with E-state index in [0.717, 1.165) is 42.8 Å². The highest BCUT2D eigenvalue weighted by Gasteiger charge is 2.25. The average Bonchev–Trinajstić information content (AvgIpc) is 3.30. The number of methoxy groups -OCH3 is 2. The van der Waals surface area contributed by atoms with Crippen LogP contribution < -0.4 is 10.1 Å². The quantitative estimate of drug-likeness (QED) is 0.721. The van der Waals surface area contributed by atoms with Crippen molar-refractivity contribution in [3.63, 3.8) is 0 Å². The van der Waals surface area contributed by atoms with Crippen molar-refractivity contribution in [2.75, 3.05) is 20.8 Å². The van der Waals surface area contributed by atoms with Crippen molar-refractivity contribution in [2.45, 2.75) is 51.2 Å². The number of pyridine rings is 1. The van der Waals surface area contributed by atoms with Crippen LogP contribution in [0.1, 0.15) is 44.2 Å². The third-order valence-corrected chi connectivity index (χ3v) is 4.48. The molecular weight excluding hydrogens is 290 g/mol. The molecule has 0 radical (unpaired) electrons. The lowest BCUT2D eigenvalue weighted by molar-refractivity contribution is 0.191. The topological polar surface area (TPSA) is 48.3 Å². The van der Waals surface area contributed by atoms with Gasteiger partial charge in [-0.15, -0.1) is 0 Å². The number of rotatable bonds is 9. The lowest BCUT2D eigenvalue weighted by Crippen LogP contribution is -2.20. The van der Waals surface area contributed by atoms with Gasteiger partial charge in [0.25, 0.3) is 0 Å². The first-order valence-corrected chi connectivity index (χ1v) is 8.50. The van der Waals surface area contributed by atoms with E-state index in [0.29, 0.717) is 12.1 Å². The molecule has 0 saturated heterocycles. The van der Waals surface area contributed by atoms with E-state index in [1.54, 1.807) is 14.2 Å². The van der Waals surface area contributed by atoms with Gasteiger partial charge in [-0.3, -0.25) is 4.98 Å². The van der Waals surface area contributed by atoms with E-state index in [4.69, 9.17) is 9.47 Å². The second-order valence-electron chi connectivity index (χ2n) is 6.38. The Balaban J connectivity index is 1.86. The molecule has 1 unspecified atom stereocenters. The van der Waals surface area contributed by atoms with Gasteiger partial charge >= 0.3 is 0 Å². The molecule has 2 heterocycles. The average molecular weight is 317 g/mol. The predicted molar refractivity (Wildman–Crippen MR) is 92.0 cm³/mol. The summed E-state index contributed by atoms with van der Waals surface area (Å²) in [4.78, 5) is 4.66. The van der Waals surface area contributed by atoms with Gasteiger partial charge in [0.2, 0.25) is 0 Å². The van der Waals surface area contributed by atoms with Crippen LogP contribution in [-0.4, -0.2) is 36.4 Å². The van der Waals surface area contributed by atoms with Gasteiger partial charge in [0.15, 0.2) is 0 Å². The van der Waals surface area contributed by atoms with Crippen LogP contribution in [0.4, 0.5) is 0 Å². The van der Waals surface area contributed by atoms with E-state index in [1.807, 2.05) is 6.20 Å². The molecule has 23 heavy (non-hydrogen) atoms. The predicted octanol–water partition coefficient (Wildman–Crippen LogP) is 3.28. The summed E-state index contributed by atoms with van der Waals surface area (Å²) >= 11 is 0. The maximum absolute atomic E-state index is 5.35. The number of fused-ring (bicyclic) bond motifs is 1. The first kappa shape index (κ1) is 16.3. The number of nitrogens with one attached hydrogen (secondary N) is 1. The maximum atomic E-state index is 5.35. The van der Waals surface area contributed by atoms with Gasteiger partial charge in [-0.05, 0) is 32.6 Å². The zero-order valence-electron chi connectivity index (χ0n) is 14.3. The van der Waals surface area contributed by atoms with Crippen LogP contribution in [0.5, 0.6) is 5.75 Å². The Kier molecular flexibility index (Phi) is 5.18. The van der Waals surface area contributed by atoms with Crippen LogP contribution >= 0.6 is 0 Å². The van der Waals surface area contributed by atoms with Gasteiger partial charge in [0.05, 0.1) is 24.3 Å². The van der Waals surface area contributed by atoms with Gasteiger partial charge in [0, 0.05) is 50.2 Å². The number of ether oxygens (including phenoxy) is 2. The number of unbranched alkanes of at least 4 members (excludes halogenated alkanes) is 1. The molecule has 1 aliphatic rings. The first-order chi connectivity index (χ1) is 11.2. The SMILES string of the molecule is COCCCCn1cc(C(C)NC2CC2)c2ncc(OC)cc21. The summed E-state index contributed by atoms with van der Waals surface area (Å²) in [6.07, 6.45) is 8.81. The zero-order chi connectivity index (χ0) is 16.2. The molecule has 1 N–H and O–H groups in total. The Morgan fingerprint density at radius 2 is 2.17 bits per heavy atom. The van der Waals surface area contributed by atoms with E-state index in [2.05, 4.69) is 34.1 Å². The molecule has 0 aliphatic heterocycles. The third kappa shape index (κ3) is 3.85. The van der Waals surface area contributed by atoms with Crippen LogP contribution in [0, 0.1) is 0 Å². The van der Waals surface area contributed by atoms with Gasteiger partial charge in [-0.2, -0.15) is 0 Å². The summed E-state index contributed by atoms with van der Waals surface area (Å²) in [6, 6.07) is 3.10. The highest BCUT2D eigenvalue weighted by atomic mass is 16.5. The van der Waals surface area contributed by atoms with Crippen LogP contribution in [0.3, 0.4) is 0 Å². The summed E-state index contributed by atoms with van der Waals surface area (Å²) < 4.78 is 12.8. The molecule has 0 bridgehead atoms.